The van der Waals surface area contributed by atoms with Gasteiger partial charge in [-0.15, -0.1) is 10.2 Å². The Kier molecular flexibility index (Phi) is 24.8. The van der Waals surface area contributed by atoms with Crippen molar-refractivity contribution < 1.29 is 94.4 Å². The number of fused-ring (bicyclic) bond motifs is 4. The number of nitrogens with one attached hydrogen (secondary N) is 8. The number of imide groups is 4. The summed E-state index contributed by atoms with van der Waals surface area (Å²) in [6.07, 6.45) is 3.11. The van der Waals surface area contributed by atoms with Crippen LogP contribution in [0.4, 0.5) is 32.3 Å². The van der Waals surface area contributed by atoms with Gasteiger partial charge in [-0.3, -0.25) is 64.6 Å². The summed E-state index contributed by atoms with van der Waals surface area (Å²) in [5.41, 5.74) is 1.05. The quantitative estimate of drug-likeness (QED) is 0.0481. The number of halogens is 3. The molecular formula is C91H72F3N19O17. The lowest BCUT2D eigenvalue weighted by atomic mass is 9.98. The van der Waals surface area contributed by atoms with Crippen molar-refractivity contribution in [2.75, 3.05) is 61.7 Å². The fourth-order valence-corrected chi connectivity index (χ4v) is 14.7. The van der Waals surface area contributed by atoms with Gasteiger partial charge in [-0.2, -0.15) is 15.3 Å². The van der Waals surface area contributed by atoms with Crippen molar-refractivity contribution in [1.82, 2.24) is 87.3 Å². The van der Waals surface area contributed by atoms with E-state index in [0.717, 1.165) is 52.1 Å². The molecule has 0 spiro atoms. The Bertz CT molecular complexity index is 6740. The maximum Gasteiger partial charge on any atom is 0.323 e. The van der Waals surface area contributed by atoms with E-state index >= 15 is 0 Å². The molecule has 2 aromatic heterocycles. The predicted molar refractivity (Wildman–Crippen MR) is 447 cm³/mol. The molecule has 17 rings (SSSR count). The molecule has 8 aliphatic rings. The van der Waals surface area contributed by atoms with Crippen molar-refractivity contribution in [3.8, 4) is 99.6 Å². The van der Waals surface area contributed by atoms with Gasteiger partial charge < -0.3 is 64.6 Å². The summed E-state index contributed by atoms with van der Waals surface area (Å²) in [5.74, 6) is 17.7. The minimum absolute atomic E-state index is 0.0101. The first-order valence-corrected chi connectivity index (χ1v) is 39.2. The SMILES string of the molecule is COc1ccc2c(c1)C(=O)N(C[C@@]1(C#Cc3cc(C)ccc3C#N)NC(=O)NC1=O)C2.COc1ccc2c(c1)C(=O)N(C[C@@]1(C#Cc3cc(F)c(F)cc3OC)NC(=O)NC1=O)C2.COc1ccc2c(c1)C(=O)N(C[C@@]1(C#Cc3ccc(F)cc3C#N)NC(=O)NC1=O)C2.COc1ccc2c(c1)C(=O)N(C[C@@]1(C#Cc3cncc(-c4nnn(C(C)C)n4)c3)NC(=O)NC1=O)C2. The number of urea groups is 4. The highest BCUT2D eigenvalue weighted by atomic mass is 19.2. The van der Waals surface area contributed by atoms with Gasteiger partial charge in [-0.25, -0.2) is 32.3 Å². The minimum atomic E-state index is -1.80. The predicted octanol–water partition coefficient (Wildman–Crippen LogP) is 5.23. The molecule has 654 valence electrons. The minimum Gasteiger partial charge on any atom is -0.497 e. The second-order valence-corrected chi connectivity index (χ2v) is 30.4. The molecule has 9 aromatic rings. The summed E-state index contributed by atoms with van der Waals surface area (Å²) in [6, 6.07) is 33.7. The van der Waals surface area contributed by atoms with E-state index in [0.29, 0.717) is 73.3 Å². The Balaban J connectivity index is 0.000000140. The average molecular weight is 1760 g/mol. The number of methoxy groups -OCH3 is 5. The van der Waals surface area contributed by atoms with E-state index in [9.17, 15) is 81.2 Å². The van der Waals surface area contributed by atoms with E-state index in [1.807, 2.05) is 26.8 Å². The van der Waals surface area contributed by atoms with Crippen LogP contribution in [0, 0.1) is 94.4 Å². The van der Waals surface area contributed by atoms with Crippen molar-refractivity contribution in [2.45, 2.75) is 75.1 Å². The van der Waals surface area contributed by atoms with E-state index in [2.05, 4.69) is 116 Å². The van der Waals surface area contributed by atoms with Crippen molar-refractivity contribution >= 4 is 71.4 Å². The summed E-state index contributed by atoms with van der Waals surface area (Å²) in [4.78, 5) is 162. The number of pyridine rings is 1. The molecule has 4 atom stereocenters. The first-order chi connectivity index (χ1) is 62.2. The lowest BCUT2D eigenvalue weighted by molar-refractivity contribution is -0.123. The topological polar surface area (TPSA) is 464 Å². The maximum absolute atomic E-state index is 13.7. The normalized spacial score (nSPS) is 19.0. The van der Waals surface area contributed by atoms with E-state index in [1.165, 1.54) is 72.2 Å². The molecule has 0 unspecified atom stereocenters. The largest absolute Gasteiger partial charge is 0.497 e. The molecule has 0 aliphatic carbocycles. The molecule has 8 aliphatic heterocycles. The van der Waals surface area contributed by atoms with Crippen LogP contribution in [0.1, 0.15) is 123 Å². The smallest absolute Gasteiger partial charge is 0.323 e. The standard InChI is InChI=1S/C24H22N8O4.C23H18N4O4.C22H17F2N3O5.C22H15FN4O4/c1-14(2)32-29-20(28-30-32)17-8-15(10-25-11-17)6-7-24(22(34)26-23(35)27-24)13-31-12-16-4-5-18(36-3)9-19(16)21(31)33;1-14-3-4-16(11-24)15(9-14)7-8-23(21(29)25-22(30)26-23)13-27-12-17-5-6-18(31-2)10-19(17)20(27)28;1-31-14-4-3-13-10-27(19(28)15(13)8-14)11-22(20(29)25-21(30)26-22)6-5-12-7-16(23)17(24)9-18(12)32-2;1-31-17-5-3-14-11-27(19(28)18(14)9-17)12-22(20(29)25-21(30)26-22)7-6-13-2-4-16(23)8-15(13)10-24/h4-5,8-11,14H,12-13H2,1-3H3,(H2,26,27,34,35);3-6,9-10H,12-13H2,1-2H3,(H2,25,26,29,30);3-4,7-9H,10-11H2,1-2H3,(H2,25,26,29,30);2-5,8-9H,11-12H2,1H3,(H2,25,26,29,30)/t24-;23-;2*22-/m1111/s1. The second-order valence-electron chi connectivity index (χ2n) is 30.4. The summed E-state index contributed by atoms with van der Waals surface area (Å²) in [5, 5.41) is 49.7. The first-order valence-electron chi connectivity index (χ1n) is 39.2. The zero-order chi connectivity index (χ0) is 92.8. The zero-order valence-corrected chi connectivity index (χ0v) is 70.0. The van der Waals surface area contributed by atoms with Crippen LogP contribution < -0.4 is 66.2 Å². The number of nitriles is 2. The molecule has 4 saturated heterocycles. The molecule has 0 bridgehead atoms. The number of aryl methyl sites for hydroxylation is 1. The number of carbonyl (C=O) groups excluding carboxylic acids is 12. The molecule has 130 heavy (non-hydrogen) atoms. The van der Waals surface area contributed by atoms with Gasteiger partial charge in [0.25, 0.3) is 47.3 Å². The Morgan fingerprint density at radius 1 is 0.415 bits per heavy atom. The number of ether oxygens (including phenoxy) is 5. The number of nitrogens with zero attached hydrogens (tertiary/aromatic N) is 11. The van der Waals surface area contributed by atoms with Gasteiger partial charge in [0.15, 0.2) is 11.6 Å². The molecule has 10 heterocycles. The van der Waals surface area contributed by atoms with Crippen LogP contribution >= 0.6 is 0 Å². The molecule has 8 N–H and O–H groups in total. The molecule has 7 aromatic carbocycles. The number of tetrazole rings is 1. The third-order valence-corrected chi connectivity index (χ3v) is 21.4. The lowest BCUT2D eigenvalue weighted by Gasteiger charge is -2.26. The van der Waals surface area contributed by atoms with Crippen molar-refractivity contribution in [2.24, 2.45) is 0 Å². The highest BCUT2D eigenvalue weighted by Crippen LogP contribution is 2.35. The molecule has 16 amide bonds. The Morgan fingerprint density at radius 2 is 0.792 bits per heavy atom. The van der Waals surface area contributed by atoms with Crippen LogP contribution in [-0.2, 0) is 45.4 Å². The van der Waals surface area contributed by atoms with Crippen molar-refractivity contribution in [3.05, 3.63) is 241 Å². The summed E-state index contributed by atoms with van der Waals surface area (Å²) in [6.45, 7) is 5.96. The molecule has 0 radical (unpaired) electrons. The van der Waals surface area contributed by atoms with Gasteiger partial charge in [-0.05, 0) is 145 Å². The molecule has 36 nitrogen and oxygen atoms in total. The van der Waals surface area contributed by atoms with E-state index < -0.39 is 87.4 Å². The van der Waals surface area contributed by atoms with E-state index in [1.54, 1.807) is 103 Å². The third-order valence-electron chi connectivity index (χ3n) is 21.4. The Labute approximate surface area is 737 Å². The van der Waals surface area contributed by atoms with Crippen LogP contribution in [-0.4, -0.2) is 200 Å². The van der Waals surface area contributed by atoms with Gasteiger partial charge in [-0.1, -0.05) is 77.7 Å². The second kappa shape index (κ2) is 36.3. The molecule has 0 saturated carbocycles. The van der Waals surface area contributed by atoms with Crippen LogP contribution in [0.25, 0.3) is 11.4 Å². The molecule has 39 heteroatoms. The monoisotopic (exact) mass is 1760 g/mol. The van der Waals surface area contributed by atoms with Crippen molar-refractivity contribution in [1.29, 1.82) is 10.5 Å². The average Bonchev–Trinajstić information content (AvgIpc) is 1.65. The van der Waals surface area contributed by atoms with Gasteiger partial charge in [0, 0.05) is 89.1 Å². The number of aromatic nitrogens is 5. The number of hydrogen-bond donors (Lipinski definition) is 8. The number of rotatable bonds is 15. The zero-order valence-electron chi connectivity index (χ0n) is 70.0. The number of benzene rings is 7. The lowest BCUT2D eigenvalue weighted by Crippen LogP contribution is -2.54. The van der Waals surface area contributed by atoms with Crippen LogP contribution in [0.3, 0.4) is 0 Å². The van der Waals surface area contributed by atoms with Gasteiger partial charge in [0.1, 0.15) is 46.7 Å². The van der Waals surface area contributed by atoms with E-state index in [4.69, 9.17) is 23.7 Å². The van der Waals surface area contributed by atoms with Crippen LogP contribution in [0.15, 0.2) is 140 Å². The Morgan fingerprint density at radius 3 is 1.15 bits per heavy atom. The molecule has 4 fully saturated rings. The number of carbonyl (C=O) groups is 12. The van der Waals surface area contributed by atoms with Gasteiger partial charge in [0.05, 0.1) is 84.5 Å². The van der Waals surface area contributed by atoms with Gasteiger partial charge in [0.2, 0.25) is 28.0 Å². The number of amides is 16. The summed E-state index contributed by atoms with van der Waals surface area (Å²) in [7, 11) is 7.27. The highest BCUT2D eigenvalue weighted by Gasteiger charge is 2.53. The third kappa shape index (κ3) is 18.2. The summed E-state index contributed by atoms with van der Waals surface area (Å²) < 4.78 is 66.3. The fraction of sp³-hybridized carbons (Fsp3) is 0.231. The first kappa shape index (κ1) is 88.7. The maximum atomic E-state index is 13.7. The van der Waals surface area contributed by atoms with E-state index in [-0.39, 0.29) is 104 Å². The summed E-state index contributed by atoms with van der Waals surface area (Å²) >= 11 is 0. The van der Waals surface area contributed by atoms with Crippen LogP contribution in [0.2, 0.25) is 0 Å². The van der Waals surface area contributed by atoms with Crippen molar-refractivity contribution in [3.63, 3.8) is 0 Å². The van der Waals surface area contributed by atoms with Crippen LogP contribution in [0.5, 0.6) is 28.7 Å². The Hall–Kier alpha value is -17.6. The fourth-order valence-electron chi connectivity index (χ4n) is 14.7. The number of hydrogen-bond acceptors (Lipinski definition) is 23. The van der Waals surface area contributed by atoms with Gasteiger partial charge >= 0.3 is 24.1 Å². The molecular weight excluding hydrogens is 1690 g/mol. The highest BCUT2D eigenvalue weighted by molar-refractivity contribution is 6.13.